The van der Waals surface area contributed by atoms with Gasteiger partial charge in [0.15, 0.2) is 0 Å². The summed E-state index contributed by atoms with van der Waals surface area (Å²) in [5.74, 6) is -0.892. The minimum atomic E-state index is -0.585. The maximum atomic E-state index is 12.4. The lowest BCUT2D eigenvalue weighted by Gasteiger charge is -2.19. The van der Waals surface area contributed by atoms with Crippen molar-refractivity contribution in [3.8, 4) is 6.07 Å². The van der Waals surface area contributed by atoms with Crippen molar-refractivity contribution >= 4 is 17.6 Å². The first kappa shape index (κ1) is 31.9. The third-order valence-corrected chi connectivity index (χ3v) is 6.80. The normalized spacial score (nSPS) is 12.3. The molecule has 0 bridgehead atoms. The van der Waals surface area contributed by atoms with Gasteiger partial charge in [-0.3, -0.25) is 0 Å². The highest BCUT2D eigenvalue weighted by molar-refractivity contribution is 5.95. The van der Waals surface area contributed by atoms with Gasteiger partial charge in [-0.25, -0.2) is 9.59 Å². The molecule has 1 aromatic carbocycles. The van der Waals surface area contributed by atoms with Crippen molar-refractivity contribution in [2.75, 3.05) is 18.1 Å². The van der Waals surface area contributed by atoms with Crippen LogP contribution in [0, 0.1) is 11.3 Å². The molecule has 6 nitrogen and oxygen atoms in total. The van der Waals surface area contributed by atoms with Crippen molar-refractivity contribution in [3.05, 3.63) is 65.5 Å². The molecule has 0 unspecified atom stereocenters. The van der Waals surface area contributed by atoms with E-state index in [1.54, 1.807) is 36.7 Å². The van der Waals surface area contributed by atoms with Gasteiger partial charge in [0.25, 0.3) is 0 Å². The summed E-state index contributed by atoms with van der Waals surface area (Å²) in [6.07, 6.45) is 23.2. The average molecular weight is 535 g/mol. The second-order valence-corrected chi connectivity index (χ2v) is 10.0. The highest BCUT2D eigenvalue weighted by atomic mass is 16.5. The molecule has 0 spiro atoms. The van der Waals surface area contributed by atoms with Crippen LogP contribution in [0.2, 0.25) is 0 Å². The number of nitriles is 1. The predicted octanol–water partition coefficient (Wildman–Crippen LogP) is 8.56. The Kier molecular flexibility index (Phi) is 16.1. The fraction of sp³-hybridized carbons (Fsp3) is 0.545. The van der Waals surface area contributed by atoms with Gasteiger partial charge < -0.3 is 14.4 Å². The monoisotopic (exact) mass is 534 g/mol. The Hall–Kier alpha value is -3.33. The highest BCUT2D eigenvalue weighted by Gasteiger charge is 2.16. The zero-order valence-corrected chi connectivity index (χ0v) is 24.0. The van der Waals surface area contributed by atoms with Gasteiger partial charge in [-0.15, -0.1) is 0 Å². The molecule has 6 heteroatoms. The van der Waals surface area contributed by atoms with Crippen molar-refractivity contribution in [2.24, 2.45) is 0 Å². The molecule has 39 heavy (non-hydrogen) atoms. The summed E-state index contributed by atoms with van der Waals surface area (Å²) in [6, 6.07) is 9.17. The Bertz CT molecular complexity index is 986. The molecular formula is C33H46N2O4. The van der Waals surface area contributed by atoms with Gasteiger partial charge in [0, 0.05) is 23.7 Å². The summed E-state index contributed by atoms with van der Waals surface area (Å²) in [7, 11) is 0. The summed E-state index contributed by atoms with van der Waals surface area (Å²) in [5, 5.41) is 9.52. The van der Waals surface area contributed by atoms with E-state index in [1.165, 1.54) is 57.8 Å². The van der Waals surface area contributed by atoms with Crippen LogP contribution in [0.5, 0.6) is 0 Å². The number of carbonyl (C=O) groups excluding carboxylic acids is 2. The average Bonchev–Trinajstić information content (AvgIpc) is 2.96. The third-order valence-electron chi connectivity index (χ3n) is 6.80. The molecule has 0 atom stereocenters. The molecule has 1 aliphatic rings. The number of benzene rings is 1. The third kappa shape index (κ3) is 12.4. The van der Waals surface area contributed by atoms with E-state index in [-0.39, 0.29) is 11.5 Å². The first-order chi connectivity index (χ1) is 19.1. The number of hydrogen-bond donors (Lipinski definition) is 0. The molecular weight excluding hydrogens is 488 g/mol. The topological polar surface area (TPSA) is 79.6 Å². The van der Waals surface area contributed by atoms with Gasteiger partial charge in [-0.05, 0) is 49.3 Å². The Morgan fingerprint density at radius 2 is 1.21 bits per heavy atom. The largest absolute Gasteiger partial charge is 0.462 e. The van der Waals surface area contributed by atoms with Crippen molar-refractivity contribution in [1.29, 1.82) is 5.26 Å². The van der Waals surface area contributed by atoms with E-state index in [2.05, 4.69) is 13.8 Å². The molecule has 0 saturated heterocycles. The van der Waals surface area contributed by atoms with E-state index >= 15 is 0 Å². The molecule has 0 amide bonds. The minimum absolute atomic E-state index is 0.00252. The van der Waals surface area contributed by atoms with Crippen LogP contribution >= 0.6 is 0 Å². The summed E-state index contributed by atoms with van der Waals surface area (Å²) in [6.45, 7) is 5.18. The molecule has 1 aromatic rings. The Morgan fingerprint density at radius 3 is 1.72 bits per heavy atom. The van der Waals surface area contributed by atoms with Gasteiger partial charge in [-0.1, -0.05) is 90.9 Å². The SMILES string of the molecule is CCCCCCCCCCOC(=O)c1ccc(N2C=CC(=C(C#N)C(=O)OCCCCCCCC)C=C2)cc1. The Balaban J connectivity index is 1.76. The molecule has 0 N–H and O–H groups in total. The van der Waals surface area contributed by atoms with Crippen molar-refractivity contribution in [3.63, 3.8) is 0 Å². The number of ether oxygens (including phenoxy) is 2. The summed E-state index contributed by atoms with van der Waals surface area (Å²) in [5.41, 5.74) is 1.89. The van der Waals surface area contributed by atoms with Crippen LogP contribution in [0.4, 0.5) is 5.69 Å². The number of carbonyl (C=O) groups is 2. The molecule has 0 aromatic heterocycles. The van der Waals surface area contributed by atoms with Crippen LogP contribution in [0.25, 0.3) is 0 Å². The van der Waals surface area contributed by atoms with E-state index in [0.29, 0.717) is 24.4 Å². The van der Waals surface area contributed by atoms with Gasteiger partial charge >= 0.3 is 11.9 Å². The Morgan fingerprint density at radius 1 is 0.718 bits per heavy atom. The fourth-order valence-corrected chi connectivity index (χ4v) is 4.37. The number of hydrogen-bond acceptors (Lipinski definition) is 6. The van der Waals surface area contributed by atoms with Crippen LogP contribution in [0.15, 0.2) is 60.0 Å². The number of anilines is 1. The summed E-state index contributed by atoms with van der Waals surface area (Å²) >= 11 is 0. The quantitative estimate of drug-likeness (QED) is 0.0765. The van der Waals surface area contributed by atoms with Gasteiger partial charge in [0.2, 0.25) is 0 Å². The summed E-state index contributed by atoms with van der Waals surface area (Å²) in [4.78, 5) is 26.6. The first-order valence-electron chi connectivity index (χ1n) is 14.8. The van der Waals surface area contributed by atoms with Gasteiger partial charge in [0.05, 0.1) is 18.8 Å². The first-order valence-corrected chi connectivity index (χ1v) is 14.8. The molecule has 0 saturated carbocycles. The number of allylic oxidation sites excluding steroid dienone is 3. The van der Waals surface area contributed by atoms with E-state index in [1.807, 2.05) is 23.1 Å². The van der Waals surface area contributed by atoms with Crippen molar-refractivity contribution < 1.29 is 19.1 Å². The number of nitrogens with zero attached hydrogens (tertiary/aromatic N) is 2. The fourth-order valence-electron chi connectivity index (χ4n) is 4.37. The van der Waals surface area contributed by atoms with Crippen LogP contribution in [-0.4, -0.2) is 25.2 Å². The maximum absolute atomic E-state index is 12.4. The second-order valence-electron chi connectivity index (χ2n) is 10.0. The maximum Gasteiger partial charge on any atom is 0.349 e. The second kappa shape index (κ2) is 19.7. The van der Waals surface area contributed by atoms with Gasteiger partial charge in [0.1, 0.15) is 11.6 Å². The molecule has 1 heterocycles. The smallest absolute Gasteiger partial charge is 0.349 e. The molecule has 212 valence electrons. The number of unbranched alkanes of at least 4 members (excludes halogenated alkanes) is 12. The number of esters is 2. The standard InChI is InChI=1S/C33H46N2O4/c1-3-5-7-9-11-12-14-15-25-38-32(36)29-17-19-30(20-18-29)35-23-21-28(22-24-35)31(27-34)33(37)39-26-16-13-10-8-6-4-2/h17-24H,3-16,25-26H2,1-2H3. The van der Waals surface area contributed by atoms with Crippen molar-refractivity contribution in [2.45, 2.75) is 104 Å². The zero-order chi connectivity index (χ0) is 28.1. The number of rotatable bonds is 19. The molecule has 0 radical (unpaired) electrons. The van der Waals surface area contributed by atoms with Crippen LogP contribution in [0.1, 0.15) is 114 Å². The summed E-state index contributed by atoms with van der Waals surface area (Å²) < 4.78 is 10.8. The zero-order valence-electron chi connectivity index (χ0n) is 24.0. The van der Waals surface area contributed by atoms with E-state index in [9.17, 15) is 14.9 Å². The molecule has 2 rings (SSSR count). The van der Waals surface area contributed by atoms with Crippen LogP contribution < -0.4 is 4.90 Å². The Labute approximate surface area is 235 Å². The molecule has 0 fully saturated rings. The lowest BCUT2D eigenvalue weighted by molar-refractivity contribution is -0.138. The van der Waals surface area contributed by atoms with Crippen molar-refractivity contribution in [1.82, 2.24) is 0 Å². The highest BCUT2D eigenvalue weighted by Crippen LogP contribution is 2.22. The van der Waals surface area contributed by atoms with Gasteiger partial charge in [-0.2, -0.15) is 5.26 Å². The van der Waals surface area contributed by atoms with Crippen LogP contribution in [-0.2, 0) is 14.3 Å². The lowest BCUT2D eigenvalue weighted by Crippen LogP contribution is -2.14. The van der Waals surface area contributed by atoms with Crippen LogP contribution in [0.3, 0.4) is 0 Å². The van der Waals surface area contributed by atoms with E-state index < -0.39 is 5.97 Å². The molecule has 1 aliphatic heterocycles. The lowest BCUT2D eigenvalue weighted by atomic mass is 10.1. The van der Waals surface area contributed by atoms with E-state index in [4.69, 9.17) is 9.47 Å². The molecule has 0 aliphatic carbocycles. The predicted molar refractivity (Wildman–Crippen MR) is 157 cm³/mol. The van der Waals surface area contributed by atoms with E-state index in [0.717, 1.165) is 37.8 Å². The minimum Gasteiger partial charge on any atom is -0.462 e.